The van der Waals surface area contributed by atoms with Crippen LogP contribution >= 0.6 is 11.6 Å². The molecular formula is C13H12ClN3. The van der Waals surface area contributed by atoms with Gasteiger partial charge in [0.2, 0.25) is 0 Å². The van der Waals surface area contributed by atoms with Crippen molar-refractivity contribution in [3.63, 3.8) is 0 Å². The highest BCUT2D eigenvalue weighted by Crippen LogP contribution is 2.24. The minimum Gasteiger partial charge on any atom is -0.339 e. The molecule has 0 spiro atoms. The zero-order valence-corrected chi connectivity index (χ0v) is 10.2. The zero-order chi connectivity index (χ0) is 11.8. The van der Waals surface area contributed by atoms with E-state index in [1.807, 2.05) is 42.3 Å². The third-order valence-electron chi connectivity index (χ3n) is 2.97. The van der Waals surface area contributed by atoms with Crippen LogP contribution in [0.25, 0.3) is 10.9 Å². The molecule has 1 aromatic carbocycles. The molecule has 3 aromatic rings. The number of halogens is 1. The smallest absolute Gasteiger partial charge is 0.128 e. The Bertz CT molecular complexity index is 666. The SMILES string of the molecule is Cn1ccnc1Cn1ccc2cccc(Cl)c21. The molecule has 86 valence electrons. The van der Waals surface area contributed by atoms with Crippen molar-refractivity contribution in [3.8, 4) is 0 Å². The molecule has 0 aliphatic carbocycles. The Hall–Kier alpha value is -1.74. The Morgan fingerprint density at radius 3 is 2.88 bits per heavy atom. The van der Waals surface area contributed by atoms with Gasteiger partial charge in [-0.05, 0) is 12.1 Å². The minimum atomic E-state index is 0.733. The first kappa shape index (κ1) is 10.4. The number of para-hydroxylation sites is 1. The van der Waals surface area contributed by atoms with Gasteiger partial charge in [-0.25, -0.2) is 4.98 Å². The Kier molecular flexibility index (Phi) is 2.41. The van der Waals surface area contributed by atoms with Crippen molar-refractivity contribution in [2.75, 3.05) is 0 Å². The van der Waals surface area contributed by atoms with Gasteiger partial charge in [0.25, 0.3) is 0 Å². The van der Waals surface area contributed by atoms with E-state index in [9.17, 15) is 0 Å². The first-order valence-electron chi connectivity index (χ1n) is 5.45. The summed E-state index contributed by atoms with van der Waals surface area (Å²) in [4.78, 5) is 4.33. The Balaban J connectivity index is 2.10. The number of aryl methyl sites for hydroxylation is 1. The molecule has 0 aliphatic heterocycles. The van der Waals surface area contributed by atoms with Crippen LogP contribution in [0.2, 0.25) is 5.02 Å². The molecule has 3 rings (SSSR count). The van der Waals surface area contributed by atoms with E-state index in [-0.39, 0.29) is 0 Å². The number of fused-ring (bicyclic) bond motifs is 1. The number of benzene rings is 1. The normalized spacial score (nSPS) is 11.2. The summed E-state index contributed by atoms with van der Waals surface area (Å²) in [6.07, 6.45) is 5.80. The Labute approximate surface area is 104 Å². The van der Waals surface area contributed by atoms with E-state index in [0.717, 1.165) is 28.3 Å². The third kappa shape index (κ3) is 1.72. The van der Waals surface area contributed by atoms with Crippen LogP contribution in [0.3, 0.4) is 0 Å². The topological polar surface area (TPSA) is 22.8 Å². The first-order valence-corrected chi connectivity index (χ1v) is 5.83. The van der Waals surface area contributed by atoms with Crippen molar-refractivity contribution >= 4 is 22.5 Å². The van der Waals surface area contributed by atoms with Crippen molar-refractivity contribution < 1.29 is 0 Å². The highest BCUT2D eigenvalue weighted by Gasteiger charge is 2.07. The van der Waals surface area contributed by atoms with Gasteiger partial charge >= 0.3 is 0 Å². The number of hydrogen-bond donors (Lipinski definition) is 0. The Morgan fingerprint density at radius 2 is 2.12 bits per heavy atom. The highest BCUT2D eigenvalue weighted by atomic mass is 35.5. The largest absolute Gasteiger partial charge is 0.339 e. The first-order chi connectivity index (χ1) is 8.25. The standard InChI is InChI=1S/C13H12ClN3/c1-16-8-6-15-12(16)9-17-7-5-10-3-2-4-11(14)13(10)17/h2-8H,9H2,1H3. The average molecular weight is 246 g/mol. The quantitative estimate of drug-likeness (QED) is 0.680. The van der Waals surface area contributed by atoms with Gasteiger partial charge in [-0.15, -0.1) is 0 Å². The maximum Gasteiger partial charge on any atom is 0.128 e. The maximum absolute atomic E-state index is 6.24. The molecule has 2 aromatic heterocycles. The minimum absolute atomic E-state index is 0.733. The molecule has 0 N–H and O–H groups in total. The number of imidazole rings is 1. The van der Waals surface area contributed by atoms with Gasteiger partial charge in [-0.1, -0.05) is 23.7 Å². The molecule has 0 saturated heterocycles. The predicted molar refractivity (Wildman–Crippen MR) is 69.3 cm³/mol. The second-order valence-electron chi connectivity index (χ2n) is 4.08. The van der Waals surface area contributed by atoms with E-state index >= 15 is 0 Å². The van der Waals surface area contributed by atoms with Gasteiger partial charge in [-0.3, -0.25) is 0 Å². The fourth-order valence-electron chi connectivity index (χ4n) is 2.05. The predicted octanol–water partition coefficient (Wildman–Crippen LogP) is 3.08. The summed E-state index contributed by atoms with van der Waals surface area (Å²) in [5.74, 6) is 1.02. The van der Waals surface area contributed by atoms with Crippen molar-refractivity contribution in [1.29, 1.82) is 0 Å². The van der Waals surface area contributed by atoms with Crippen LogP contribution in [0.4, 0.5) is 0 Å². The molecule has 3 nitrogen and oxygen atoms in total. The molecule has 0 aliphatic rings. The van der Waals surface area contributed by atoms with Crippen LogP contribution in [-0.4, -0.2) is 14.1 Å². The molecule has 0 fully saturated rings. The molecule has 0 saturated carbocycles. The van der Waals surface area contributed by atoms with Crippen LogP contribution in [0, 0.1) is 0 Å². The second-order valence-corrected chi connectivity index (χ2v) is 4.48. The third-order valence-corrected chi connectivity index (χ3v) is 3.28. The highest BCUT2D eigenvalue weighted by molar-refractivity contribution is 6.35. The summed E-state index contributed by atoms with van der Waals surface area (Å²) >= 11 is 6.24. The Morgan fingerprint density at radius 1 is 1.24 bits per heavy atom. The summed E-state index contributed by atoms with van der Waals surface area (Å²) < 4.78 is 4.14. The van der Waals surface area contributed by atoms with Gasteiger partial charge in [-0.2, -0.15) is 0 Å². The summed E-state index contributed by atoms with van der Waals surface area (Å²) in [5, 5.41) is 1.94. The maximum atomic E-state index is 6.24. The van der Waals surface area contributed by atoms with Gasteiger partial charge in [0.15, 0.2) is 0 Å². The molecular weight excluding hydrogens is 234 g/mol. The molecule has 0 bridgehead atoms. The molecule has 0 unspecified atom stereocenters. The van der Waals surface area contributed by atoms with Gasteiger partial charge < -0.3 is 9.13 Å². The van der Waals surface area contributed by atoms with E-state index in [1.165, 1.54) is 0 Å². The van der Waals surface area contributed by atoms with E-state index < -0.39 is 0 Å². The number of aromatic nitrogens is 3. The molecule has 0 atom stereocenters. The average Bonchev–Trinajstić information content (AvgIpc) is 2.89. The fraction of sp³-hybridized carbons (Fsp3) is 0.154. The summed E-state index contributed by atoms with van der Waals surface area (Å²) in [6, 6.07) is 8.02. The van der Waals surface area contributed by atoms with Crippen LogP contribution in [-0.2, 0) is 13.6 Å². The fourth-order valence-corrected chi connectivity index (χ4v) is 2.34. The second kappa shape index (κ2) is 3.93. The lowest BCUT2D eigenvalue weighted by atomic mass is 10.2. The van der Waals surface area contributed by atoms with Crippen LogP contribution in [0.15, 0.2) is 42.9 Å². The lowest BCUT2D eigenvalue weighted by Crippen LogP contribution is -2.04. The van der Waals surface area contributed by atoms with Crippen molar-refractivity contribution in [2.24, 2.45) is 7.05 Å². The summed E-state index contributed by atoms with van der Waals surface area (Å²) in [6.45, 7) is 0.733. The van der Waals surface area contributed by atoms with Crippen LogP contribution < -0.4 is 0 Å². The van der Waals surface area contributed by atoms with Crippen LogP contribution in [0.5, 0.6) is 0 Å². The van der Waals surface area contributed by atoms with Crippen molar-refractivity contribution in [2.45, 2.75) is 6.54 Å². The molecule has 0 radical (unpaired) electrons. The number of hydrogen-bond acceptors (Lipinski definition) is 1. The zero-order valence-electron chi connectivity index (χ0n) is 9.47. The molecule has 2 heterocycles. The van der Waals surface area contributed by atoms with E-state index in [0.29, 0.717) is 0 Å². The number of nitrogens with zero attached hydrogens (tertiary/aromatic N) is 3. The molecule has 17 heavy (non-hydrogen) atoms. The monoisotopic (exact) mass is 245 g/mol. The lowest BCUT2D eigenvalue weighted by Gasteiger charge is -2.06. The summed E-state index contributed by atoms with van der Waals surface area (Å²) in [7, 11) is 2.00. The molecule has 0 amide bonds. The number of rotatable bonds is 2. The van der Waals surface area contributed by atoms with Crippen LogP contribution in [0.1, 0.15) is 5.82 Å². The van der Waals surface area contributed by atoms with Crippen molar-refractivity contribution in [1.82, 2.24) is 14.1 Å². The van der Waals surface area contributed by atoms with Gasteiger partial charge in [0, 0.05) is 31.0 Å². The summed E-state index contributed by atoms with van der Waals surface area (Å²) in [5.41, 5.74) is 1.07. The van der Waals surface area contributed by atoms with Crippen molar-refractivity contribution in [3.05, 3.63) is 53.7 Å². The van der Waals surface area contributed by atoms with Gasteiger partial charge in [0.1, 0.15) is 5.82 Å². The van der Waals surface area contributed by atoms with E-state index in [1.54, 1.807) is 0 Å². The van der Waals surface area contributed by atoms with E-state index in [2.05, 4.69) is 21.7 Å². The van der Waals surface area contributed by atoms with E-state index in [4.69, 9.17) is 11.6 Å². The molecule has 4 heteroatoms. The lowest BCUT2D eigenvalue weighted by molar-refractivity contribution is 0.718. The van der Waals surface area contributed by atoms with Gasteiger partial charge in [0.05, 0.1) is 17.1 Å².